The van der Waals surface area contributed by atoms with Gasteiger partial charge < -0.3 is 20.3 Å². The Balaban J connectivity index is 1.87. The number of hydrogen-bond acceptors (Lipinski definition) is 3. The minimum Gasteiger partial charge on any atom is -0.406 e. The molecule has 1 aliphatic heterocycles. The number of ether oxygens (including phenoxy) is 1. The Labute approximate surface area is 126 Å². The first-order valence-electron chi connectivity index (χ1n) is 6.94. The molecule has 0 aromatic heterocycles. The summed E-state index contributed by atoms with van der Waals surface area (Å²) in [6, 6.07) is 4.83. The summed E-state index contributed by atoms with van der Waals surface area (Å²) in [5.41, 5.74) is 0.427. The van der Waals surface area contributed by atoms with Crippen LogP contribution >= 0.6 is 0 Å². The zero-order valence-electron chi connectivity index (χ0n) is 12.1. The highest BCUT2D eigenvalue weighted by Gasteiger charge is 2.31. The summed E-state index contributed by atoms with van der Waals surface area (Å²) in [7, 11) is 1.87. The number of amides is 2. The molecule has 1 saturated heterocycles. The summed E-state index contributed by atoms with van der Waals surface area (Å²) in [4.78, 5) is 13.8. The second-order valence-electron chi connectivity index (χ2n) is 5.16. The molecule has 1 unspecified atom stereocenters. The number of carbonyl (C=O) groups is 1. The third kappa shape index (κ3) is 4.80. The van der Waals surface area contributed by atoms with Crippen LogP contribution in [0.5, 0.6) is 5.75 Å². The Morgan fingerprint density at radius 1 is 1.36 bits per heavy atom. The fourth-order valence-corrected chi connectivity index (χ4v) is 2.41. The monoisotopic (exact) mass is 317 g/mol. The predicted octanol–water partition coefficient (Wildman–Crippen LogP) is 2.66. The first kappa shape index (κ1) is 16.4. The van der Waals surface area contributed by atoms with Crippen LogP contribution in [-0.4, -0.2) is 44.0 Å². The van der Waals surface area contributed by atoms with Gasteiger partial charge in [-0.15, -0.1) is 13.2 Å². The van der Waals surface area contributed by atoms with E-state index in [4.69, 9.17) is 0 Å². The van der Waals surface area contributed by atoms with Crippen LogP contribution in [0.3, 0.4) is 0 Å². The molecule has 2 N–H and O–H groups in total. The van der Waals surface area contributed by atoms with Gasteiger partial charge in [0.05, 0.1) is 0 Å². The number of anilines is 1. The van der Waals surface area contributed by atoms with Crippen molar-refractivity contribution in [1.29, 1.82) is 0 Å². The van der Waals surface area contributed by atoms with E-state index in [9.17, 15) is 18.0 Å². The van der Waals surface area contributed by atoms with Gasteiger partial charge in [0.2, 0.25) is 0 Å². The summed E-state index contributed by atoms with van der Waals surface area (Å²) in [5.74, 6) is 0.110. The molecule has 2 amide bonds. The number of benzene rings is 1. The zero-order chi connectivity index (χ0) is 16.2. The largest absolute Gasteiger partial charge is 0.573 e. The number of nitrogens with one attached hydrogen (secondary N) is 2. The maximum Gasteiger partial charge on any atom is 0.573 e. The lowest BCUT2D eigenvalue weighted by atomic mass is 10.1. The molecular weight excluding hydrogens is 299 g/mol. The van der Waals surface area contributed by atoms with Crippen molar-refractivity contribution in [2.45, 2.75) is 12.8 Å². The minimum absolute atomic E-state index is 0.247. The molecule has 0 spiro atoms. The smallest absolute Gasteiger partial charge is 0.406 e. The average Bonchev–Trinajstić information content (AvgIpc) is 2.88. The van der Waals surface area contributed by atoms with Crippen LogP contribution in [0.25, 0.3) is 0 Å². The highest BCUT2D eigenvalue weighted by molar-refractivity contribution is 5.89. The third-order valence-corrected chi connectivity index (χ3v) is 3.41. The van der Waals surface area contributed by atoms with E-state index >= 15 is 0 Å². The lowest BCUT2D eigenvalue weighted by Gasteiger charge is -2.17. The van der Waals surface area contributed by atoms with Crippen LogP contribution in [0.15, 0.2) is 24.3 Å². The molecule has 0 radical (unpaired) electrons. The molecule has 1 heterocycles. The number of urea groups is 1. The van der Waals surface area contributed by atoms with E-state index in [2.05, 4.69) is 15.4 Å². The van der Waals surface area contributed by atoms with E-state index in [1.807, 2.05) is 7.05 Å². The van der Waals surface area contributed by atoms with Gasteiger partial charge in [0.25, 0.3) is 0 Å². The van der Waals surface area contributed by atoms with Crippen molar-refractivity contribution < 1.29 is 22.7 Å². The Morgan fingerprint density at radius 2 is 2.05 bits per heavy atom. The Bertz CT molecular complexity index is 505. The molecule has 1 fully saturated rings. The van der Waals surface area contributed by atoms with Crippen molar-refractivity contribution in [3.63, 3.8) is 0 Å². The van der Waals surface area contributed by atoms with Gasteiger partial charge in [0, 0.05) is 18.8 Å². The number of likely N-dealkylation sites (tertiary alicyclic amines) is 1. The van der Waals surface area contributed by atoms with Crippen LogP contribution in [-0.2, 0) is 0 Å². The van der Waals surface area contributed by atoms with E-state index in [0.29, 0.717) is 24.7 Å². The molecule has 0 saturated carbocycles. The molecule has 5 nitrogen and oxygen atoms in total. The van der Waals surface area contributed by atoms with Crippen LogP contribution in [0.2, 0.25) is 0 Å². The highest BCUT2D eigenvalue weighted by Crippen LogP contribution is 2.24. The molecule has 1 aromatic rings. The molecule has 2 rings (SSSR count). The van der Waals surface area contributed by atoms with Crippen molar-refractivity contribution >= 4 is 11.7 Å². The number of rotatable bonds is 4. The van der Waals surface area contributed by atoms with Gasteiger partial charge in [0.1, 0.15) is 5.75 Å². The number of carbonyl (C=O) groups excluding carboxylic acids is 1. The maximum atomic E-state index is 12.1. The van der Waals surface area contributed by atoms with Crippen molar-refractivity contribution in [3.05, 3.63) is 24.3 Å². The summed E-state index contributed by atoms with van der Waals surface area (Å²) in [5, 5.41) is 5.75. The van der Waals surface area contributed by atoms with Gasteiger partial charge in [-0.05, 0) is 50.2 Å². The van der Waals surface area contributed by atoms with Crippen LogP contribution < -0.4 is 15.4 Å². The molecule has 1 atom stereocenters. The molecular formula is C14H18F3N3O2. The average molecular weight is 317 g/mol. The van der Waals surface area contributed by atoms with Gasteiger partial charge >= 0.3 is 12.4 Å². The van der Waals surface area contributed by atoms with Gasteiger partial charge in [-0.1, -0.05) is 0 Å². The Morgan fingerprint density at radius 3 is 2.64 bits per heavy atom. The van der Waals surface area contributed by atoms with Crippen LogP contribution in [0.1, 0.15) is 6.42 Å². The van der Waals surface area contributed by atoms with Crippen molar-refractivity contribution in [2.24, 2.45) is 5.92 Å². The first-order valence-corrected chi connectivity index (χ1v) is 6.94. The standard InChI is InChI=1S/C14H18F3N3O2/c1-18-8-10-6-7-20(9-10)13(21)19-11-2-4-12(5-3-11)22-14(15,16)17/h2-5,10,18H,6-9H2,1H3,(H,19,21). The summed E-state index contributed by atoms with van der Waals surface area (Å²) in [6.07, 6.45) is -3.78. The van der Waals surface area contributed by atoms with Crippen molar-refractivity contribution in [3.8, 4) is 5.75 Å². The number of nitrogens with zero attached hydrogens (tertiary/aromatic N) is 1. The van der Waals surface area contributed by atoms with E-state index in [-0.39, 0.29) is 11.8 Å². The van der Waals surface area contributed by atoms with Crippen LogP contribution in [0.4, 0.5) is 23.7 Å². The topological polar surface area (TPSA) is 53.6 Å². The maximum absolute atomic E-state index is 12.1. The second kappa shape index (κ2) is 6.87. The van der Waals surface area contributed by atoms with Gasteiger partial charge in [-0.25, -0.2) is 4.79 Å². The first-order chi connectivity index (χ1) is 10.4. The zero-order valence-corrected chi connectivity index (χ0v) is 12.1. The van der Waals surface area contributed by atoms with E-state index < -0.39 is 6.36 Å². The second-order valence-corrected chi connectivity index (χ2v) is 5.16. The van der Waals surface area contributed by atoms with Crippen LogP contribution in [0, 0.1) is 5.92 Å². The molecule has 122 valence electrons. The normalized spacial score (nSPS) is 18.4. The van der Waals surface area contributed by atoms with Crippen molar-refractivity contribution in [1.82, 2.24) is 10.2 Å². The minimum atomic E-state index is -4.72. The lowest BCUT2D eigenvalue weighted by Crippen LogP contribution is -2.34. The van der Waals surface area contributed by atoms with E-state index in [1.54, 1.807) is 4.90 Å². The SMILES string of the molecule is CNCC1CCN(C(=O)Nc2ccc(OC(F)(F)F)cc2)C1. The lowest BCUT2D eigenvalue weighted by molar-refractivity contribution is -0.274. The fourth-order valence-electron chi connectivity index (χ4n) is 2.41. The van der Waals surface area contributed by atoms with Gasteiger partial charge in [-0.3, -0.25) is 0 Å². The molecule has 22 heavy (non-hydrogen) atoms. The third-order valence-electron chi connectivity index (χ3n) is 3.41. The number of hydrogen-bond donors (Lipinski definition) is 2. The summed E-state index contributed by atoms with van der Waals surface area (Å²) >= 11 is 0. The Kier molecular flexibility index (Phi) is 5.12. The number of alkyl halides is 3. The van der Waals surface area contributed by atoms with Crippen molar-refractivity contribution in [2.75, 3.05) is 32.0 Å². The van der Waals surface area contributed by atoms with E-state index in [1.165, 1.54) is 12.1 Å². The highest BCUT2D eigenvalue weighted by atomic mass is 19.4. The van der Waals surface area contributed by atoms with E-state index in [0.717, 1.165) is 25.1 Å². The fraction of sp³-hybridized carbons (Fsp3) is 0.500. The summed E-state index contributed by atoms with van der Waals surface area (Å²) in [6.45, 7) is 2.20. The predicted molar refractivity (Wildman–Crippen MR) is 75.8 cm³/mol. The molecule has 1 aliphatic rings. The molecule has 0 bridgehead atoms. The van der Waals surface area contributed by atoms with Gasteiger partial charge in [0.15, 0.2) is 0 Å². The number of halogens is 3. The molecule has 1 aromatic carbocycles. The van der Waals surface area contributed by atoms with Gasteiger partial charge in [-0.2, -0.15) is 0 Å². The Hall–Kier alpha value is -1.96. The molecule has 8 heteroatoms. The quantitative estimate of drug-likeness (QED) is 0.898. The molecule has 0 aliphatic carbocycles. The summed E-state index contributed by atoms with van der Waals surface area (Å²) < 4.78 is 39.9.